The average molecular weight is 250 g/mol. The van der Waals surface area contributed by atoms with Crippen molar-refractivity contribution in [3.05, 3.63) is 57.0 Å². The monoisotopic (exact) mass is 250 g/mol. The van der Waals surface area contributed by atoms with Gasteiger partial charge in [-0.1, -0.05) is 12.1 Å². The lowest BCUT2D eigenvalue weighted by Gasteiger charge is -2.15. The lowest BCUT2D eigenvalue weighted by atomic mass is 10.0. The smallest absolute Gasteiger partial charge is 0.126 e. The predicted octanol–water partition coefficient (Wildman–Crippen LogP) is 3.06. The zero-order valence-electron chi connectivity index (χ0n) is 9.83. The van der Waals surface area contributed by atoms with E-state index in [1.54, 1.807) is 24.3 Å². The Morgan fingerprint density at radius 2 is 2.00 bits per heavy atom. The van der Waals surface area contributed by atoms with E-state index >= 15 is 0 Å². The molecule has 0 aliphatic rings. The first-order valence-electron chi connectivity index (χ1n) is 5.39. The van der Waals surface area contributed by atoms with Crippen molar-refractivity contribution < 1.29 is 4.39 Å². The normalized spacial score (nSPS) is 12.7. The molecule has 0 fully saturated rings. The molecule has 0 bridgehead atoms. The van der Waals surface area contributed by atoms with E-state index in [1.165, 1.54) is 10.9 Å². The zero-order valence-corrected chi connectivity index (χ0v) is 10.6. The minimum Gasteiger partial charge on any atom is -0.271 e. The third kappa shape index (κ3) is 2.54. The van der Waals surface area contributed by atoms with Crippen LogP contribution in [0, 0.1) is 19.7 Å². The molecule has 3 N–H and O–H groups in total. The summed E-state index contributed by atoms with van der Waals surface area (Å²) in [4.78, 5) is 1.22. The van der Waals surface area contributed by atoms with Gasteiger partial charge < -0.3 is 0 Å². The van der Waals surface area contributed by atoms with Gasteiger partial charge in [0.05, 0.1) is 6.04 Å². The third-order valence-corrected chi connectivity index (χ3v) is 3.66. The largest absolute Gasteiger partial charge is 0.271 e. The Labute approximate surface area is 104 Å². The zero-order chi connectivity index (χ0) is 12.4. The van der Waals surface area contributed by atoms with Gasteiger partial charge in [0.15, 0.2) is 0 Å². The van der Waals surface area contributed by atoms with E-state index < -0.39 is 0 Å². The maximum atomic E-state index is 13.5. The fourth-order valence-corrected chi connectivity index (χ4v) is 2.52. The van der Waals surface area contributed by atoms with Crippen LogP contribution in [0.5, 0.6) is 0 Å². The maximum absolute atomic E-state index is 13.5. The molecular formula is C13H15FN2S. The molecular weight excluding hydrogens is 235 g/mol. The fraction of sp³-hybridized carbons (Fsp3) is 0.231. The van der Waals surface area contributed by atoms with Gasteiger partial charge in [-0.3, -0.25) is 5.84 Å². The highest BCUT2D eigenvalue weighted by molar-refractivity contribution is 7.10. The van der Waals surface area contributed by atoms with Crippen LogP contribution in [0.1, 0.15) is 27.6 Å². The minimum atomic E-state index is -0.199. The molecule has 1 aromatic heterocycles. The van der Waals surface area contributed by atoms with Gasteiger partial charge in [-0.25, -0.2) is 9.82 Å². The number of hydrogen-bond donors (Lipinski definition) is 2. The summed E-state index contributed by atoms with van der Waals surface area (Å²) in [5.41, 5.74) is 5.29. The fourth-order valence-electron chi connectivity index (χ4n) is 1.79. The van der Waals surface area contributed by atoms with Crippen LogP contribution in [0.25, 0.3) is 0 Å². The Morgan fingerprint density at radius 1 is 1.24 bits per heavy atom. The second-order valence-electron chi connectivity index (χ2n) is 4.10. The number of nitrogens with two attached hydrogens (primary N) is 1. The average Bonchev–Trinajstić information content (AvgIpc) is 2.71. The van der Waals surface area contributed by atoms with Crippen LogP contribution < -0.4 is 11.3 Å². The summed E-state index contributed by atoms with van der Waals surface area (Å²) >= 11 is 1.66. The summed E-state index contributed by atoms with van der Waals surface area (Å²) in [6.45, 7) is 3.79. The molecule has 0 amide bonds. The van der Waals surface area contributed by atoms with Gasteiger partial charge in [-0.15, -0.1) is 11.3 Å². The molecule has 1 atom stereocenters. The Balaban J connectivity index is 2.38. The molecule has 1 aromatic carbocycles. The van der Waals surface area contributed by atoms with Crippen LogP contribution in [0.4, 0.5) is 4.39 Å². The number of nitrogens with one attached hydrogen (secondary N) is 1. The van der Waals surface area contributed by atoms with Crippen LogP contribution in [0.15, 0.2) is 29.6 Å². The van der Waals surface area contributed by atoms with Gasteiger partial charge in [0.25, 0.3) is 0 Å². The summed E-state index contributed by atoms with van der Waals surface area (Å²) in [7, 11) is 0. The molecule has 0 aliphatic heterocycles. The first kappa shape index (κ1) is 12.2. The van der Waals surface area contributed by atoms with Crippen LogP contribution in [-0.4, -0.2) is 0 Å². The van der Waals surface area contributed by atoms with E-state index in [4.69, 9.17) is 5.84 Å². The van der Waals surface area contributed by atoms with Crippen molar-refractivity contribution in [1.29, 1.82) is 0 Å². The predicted molar refractivity (Wildman–Crippen MR) is 69.4 cm³/mol. The van der Waals surface area contributed by atoms with Gasteiger partial charge >= 0.3 is 0 Å². The van der Waals surface area contributed by atoms with Crippen LogP contribution in [0.3, 0.4) is 0 Å². The van der Waals surface area contributed by atoms with Gasteiger partial charge in [-0.05, 0) is 48.1 Å². The maximum Gasteiger partial charge on any atom is 0.126 e. The van der Waals surface area contributed by atoms with E-state index in [1.807, 2.05) is 18.4 Å². The van der Waals surface area contributed by atoms with E-state index in [2.05, 4.69) is 11.5 Å². The Morgan fingerprint density at radius 3 is 2.53 bits per heavy atom. The summed E-state index contributed by atoms with van der Waals surface area (Å²) in [5.74, 6) is 5.37. The Kier molecular flexibility index (Phi) is 3.57. The van der Waals surface area contributed by atoms with E-state index in [0.717, 1.165) is 11.1 Å². The number of aryl methyl sites for hydroxylation is 2. The minimum absolute atomic E-state index is 0.157. The topological polar surface area (TPSA) is 38.0 Å². The molecule has 1 unspecified atom stereocenters. The summed E-state index contributed by atoms with van der Waals surface area (Å²) in [6.07, 6.45) is 0. The van der Waals surface area contributed by atoms with Gasteiger partial charge in [-0.2, -0.15) is 0 Å². The van der Waals surface area contributed by atoms with E-state index in [-0.39, 0.29) is 11.9 Å². The first-order chi connectivity index (χ1) is 8.11. The van der Waals surface area contributed by atoms with Crippen molar-refractivity contribution >= 4 is 11.3 Å². The highest BCUT2D eigenvalue weighted by Crippen LogP contribution is 2.26. The van der Waals surface area contributed by atoms with Gasteiger partial charge in [0.1, 0.15) is 5.82 Å². The van der Waals surface area contributed by atoms with E-state index in [0.29, 0.717) is 5.56 Å². The molecule has 0 aliphatic carbocycles. The third-order valence-electron chi connectivity index (χ3n) is 2.78. The number of benzene rings is 1. The van der Waals surface area contributed by atoms with Crippen LogP contribution >= 0.6 is 11.3 Å². The molecule has 2 aromatic rings. The summed E-state index contributed by atoms with van der Waals surface area (Å²) < 4.78 is 13.5. The second-order valence-corrected chi connectivity index (χ2v) is 5.21. The highest BCUT2D eigenvalue weighted by atomic mass is 32.1. The number of hydrogen-bond acceptors (Lipinski definition) is 3. The van der Waals surface area contributed by atoms with Crippen molar-refractivity contribution in [2.75, 3.05) is 0 Å². The van der Waals surface area contributed by atoms with Gasteiger partial charge in [0, 0.05) is 4.88 Å². The molecule has 0 radical (unpaired) electrons. The molecule has 4 heteroatoms. The van der Waals surface area contributed by atoms with Crippen molar-refractivity contribution in [2.24, 2.45) is 5.84 Å². The van der Waals surface area contributed by atoms with Gasteiger partial charge in [0.2, 0.25) is 0 Å². The first-order valence-corrected chi connectivity index (χ1v) is 6.27. The molecule has 17 heavy (non-hydrogen) atoms. The lowest BCUT2D eigenvalue weighted by molar-refractivity contribution is 0.599. The SMILES string of the molecule is Cc1cc(C(NN)c2ccc(C)c(F)c2)cs1. The number of halogens is 1. The van der Waals surface area contributed by atoms with Crippen LogP contribution in [0.2, 0.25) is 0 Å². The standard InChI is InChI=1S/C13H15FN2S/c1-8-3-4-10(6-12(8)14)13(16-15)11-5-9(2)17-7-11/h3-7,13,16H,15H2,1-2H3. The number of rotatable bonds is 3. The molecule has 0 spiro atoms. The summed E-state index contributed by atoms with van der Waals surface area (Å²) in [5, 5.41) is 2.04. The second kappa shape index (κ2) is 4.96. The quantitative estimate of drug-likeness (QED) is 0.649. The number of thiophene rings is 1. The Bertz CT molecular complexity index is 522. The Hall–Kier alpha value is -1.23. The molecule has 0 saturated carbocycles. The molecule has 0 saturated heterocycles. The highest BCUT2D eigenvalue weighted by Gasteiger charge is 2.14. The summed E-state index contributed by atoms with van der Waals surface area (Å²) in [6, 6.07) is 7.11. The molecule has 1 heterocycles. The molecule has 2 rings (SSSR count). The molecule has 2 nitrogen and oxygen atoms in total. The lowest BCUT2D eigenvalue weighted by Crippen LogP contribution is -2.28. The van der Waals surface area contributed by atoms with Crippen molar-refractivity contribution in [1.82, 2.24) is 5.43 Å². The number of hydrazine groups is 1. The van der Waals surface area contributed by atoms with Crippen molar-refractivity contribution in [3.63, 3.8) is 0 Å². The van der Waals surface area contributed by atoms with Crippen molar-refractivity contribution in [3.8, 4) is 0 Å². The van der Waals surface area contributed by atoms with Crippen LogP contribution in [-0.2, 0) is 0 Å². The molecule has 90 valence electrons. The van der Waals surface area contributed by atoms with E-state index in [9.17, 15) is 4.39 Å². The van der Waals surface area contributed by atoms with Crippen molar-refractivity contribution in [2.45, 2.75) is 19.9 Å².